The molecule has 3 N–H and O–H groups in total. The van der Waals surface area contributed by atoms with Crippen LogP contribution in [0.15, 0.2) is 24.3 Å². The van der Waals surface area contributed by atoms with Crippen molar-refractivity contribution in [1.29, 1.82) is 0 Å². The predicted octanol–water partition coefficient (Wildman–Crippen LogP) is 1.53. The van der Waals surface area contributed by atoms with Gasteiger partial charge in [-0.3, -0.25) is 0 Å². The lowest BCUT2D eigenvalue weighted by molar-refractivity contribution is 0.312. The molecule has 3 heteroatoms. The van der Waals surface area contributed by atoms with Crippen molar-refractivity contribution in [2.75, 3.05) is 26.2 Å². The van der Waals surface area contributed by atoms with Crippen LogP contribution in [-0.4, -0.2) is 36.2 Å². The van der Waals surface area contributed by atoms with Crippen LogP contribution in [-0.2, 0) is 0 Å². The van der Waals surface area contributed by atoms with Crippen molar-refractivity contribution < 1.29 is 5.11 Å². The van der Waals surface area contributed by atoms with E-state index in [9.17, 15) is 5.11 Å². The number of para-hydroxylation sites is 1. The van der Waals surface area contributed by atoms with Crippen LogP contribution in [0.5, 0.6) is 5.75 Å². The normalized spacial score (nSPS) is 18.8. The number of hydrogen-bond donors (Lipinski definition) is 2. The molecule has 0 aliphatic carbocycles. The lowest BCUT2D eigenvalue weighted by Crippen LogP contribution is -2.29. The second kappa shape index (κ2) is 5.32. The van der Waals surface area contributed by atoms with Gasteiger partial charge in [0.05, 0.1) is 0 Å². The number of likely N-dealkylation sites (tertiary alicyclic amines) is 1. The SMILES string of the molecule is NCC(CN1CCCC1)c1ccccc1O. The molecule has 2 rings (SSSR count). The van der Waals surface area contributed by atoms with Crippen molar-refractivity contribution in [2.45, 2.75) is 18.8 Å². The first-order chi connectivity index (χ1) is 7.81. The quantitative estimate of drug-likeness (QED) is 0.809. The smallest absolute Gasteiger partial charge is 0.119 e. The molecule has 1 heterocycles. The molecule has 0 radical (unpaired) electrons. The first kappa shape index (κ1) is 11.4. The summed E-state index contributed by atoms with van der Waals surface area (Å²) in [6.45, 7) is 3.90. The highest BCUT2D eigenvalue weighted by Crippen LogP contribution is 2.26. The van der Waals surface area contributed by atoms with Gasteiger partial charge in [0.25, 0.3) is 0 Å². The summed E-state index contributed by atoms with van der Waals surface area (Å²) in [5, 5.41) is 9.81. The van der Waals surface area contributed by atoms with Crippen LogP contribution in [0, 0.1) is 0 Å². The number of nitrogens with two attached hydrogens (primary N) is 1. The van der Waals surface area contributed by atoms with E-state index < -0.39 is 0 Å². The van der Waals surface area contributed by atoms with Crippen LogP contribution in [0.3, 0.4) is 0 Å². The second-order valence-corrected chi connectivity index (χ2v) is 4.50. The van der Waals surface area contributed by atoms with E-state index in [-0.39, 0.29) is 5.92 Å². The molecule has 0 bridgehead atoms. The lowest BCUT2D eigenvalue weighted by atomic mass is 9.98. The summed E-state index contributed by atoms with van der Waals surface area (Å²) >= 11 is 0. The molecule has 0 aromatic heterocycles. The molecule has 88 valence electrons. The Labute approximate surface area is 96.9 Å². The van der Waals surface area contributed by atoms with Gasteiger partial charge in [0, 0.05) is 19.0 Å². The Morgan fingerprint density at radius 1 is 1.25 bits per heavy atom. The maximum atomic E-state index is 9.81. The molecule has 1 aromatic rings. The molecule has 1 fully saturated rings. The van der Waals surface area contributed by atoms with Crippen LogP contribution in [0.1, 0.15) is 24.3 Å². The number of rotatable bonds is 4. The fourth-order valence-electron chi connectivity index (χ4n) is 2.41. The van der Waals surface area contributed by atoms with Crippen molar-refractivity contribution in [2.24, 2.45) is 5.73 Å². The first-order valence-corrected chi connectivity index (χ1v) is 6.01. The summed E-state index contributed by atoms with van der Waals surface area (Å²) in [6, 6.07) is 7.52. The maximum absolute atomic E-state index is 9.81. The molecule has 1 saturated heterocycles. The van der Waals surface area contributed by atoms with Gasteiger partial charge in [0.2, 0.25) is 0 Å². The zero-order valence-corrected chi connectivity index (χ0v) is 9.60. The third-order valence-corrected chi connectivity index (χ3v) is 3.34. The van der Waals surface area contributed by atoms with E-state index in [1.807, 2.05) is 18.2 Å². The Hall–Kier alpha value is -1.06. The molecule has 0 saturated carbocycles. The Kier molecular flexibility index (Phi) is 3.80. The number of nitrogens with zero attached hydrogens (tertiary/aromatic N) is 1. The summed E-state index contributed by atoms with van der Waals surface area (Å²) in [5.41, 5.74) is 6.80. The van der Waals surface area contributed by atoms with Crippen LogP contribution in [0.2, 0.25) is 0 Å². The summed E-state index contributed by atoms with van der Waals surface area (Å²) in [6.07, 6.45) is 2.58. The summed E-state index contributed by atoms with van der Waals surface area (Å²) in [7, 11) is 0. The summed E-state index contributed by atoms with van der Waals surface area (Å²) < 4.78 is 0. The number of hydrogen-bond acceptors (Lipinski definition) is 3. The largest absolute Gasteiger partial charge is 0.508 e. The molecule has 1 unspecified atom stereocenters. The fourth-order valence-corrected chi connectivity index (χ4v) is 2.41. The van der Waals surface area contributed by atoms with E-state index in [0.29, 0.717) is 12.3 Å². The minimum atomic E-state index is 0.249. The number of phenolic OH excluding ortho intramolecular Hbond substituents is 1. The molecule has 1 aliphatic rings. The van der Waals surface area contributed by atoms with E-state index in [1.54, 1.807) is 6.07 Å². The van der Waals surface area contributed by atoms with Crippen LogP contribution in [0.4, 0.5) is 0 Å². The number of aromatic hydroxyl groups is 1. The van der Waals surface area contributed by atoms with E-state index in [4.69, 9.17) is 5.73 Å². The van der Waals surface area contributed by atoms with Gasteiger partial charge >= 0.3 is 0 Å². The highest BCUT2D eigenvalue weighted by Gasteiger charge is 2.19. The Morgan fingerprint density at radius 3 is 2.56 bits per heavy atom. The van der Waals surface area contributed by atoms with E-state index in [1.165, 1.54) is 25.9 Å². The molecule has 1 aromatic carbocycles. The van der Waals surface area contributed by atoms with Crippen molar-refractivity contribution in [1.82, 2.24) is 4.90 Å². The van der Waals surface area contributed by atoms with Gasteiger partial charge < -0.3 is 15.7 Å². The van der Waals surface area contributed by atoms with Crippen molar-refractivity contribution in [3.05, 3.63) is 29.8 Å². The maximum Gasteiger partial charge on any atom is 0.119 e. The van der Waals surface area contributed by atoms with Crippen molar-refractivity contribution >= 4 is 0 Å². The van der Waals surface area contributed by atoms with Gasteiger partial charge in [0.15, 0.2) is 0 Å². The summed E-state index contributed by atoms with van der Waals surface area (Å²) in [4.78, 5) is 2.43. The van der Waals surface area contributed by atoms with E-state index >= 15 is 0 Å². The van der Waals surface area contributed by atoms with Crippen LogP contribution >= 0.6 is 0 Å². The third-order valence-electron chi connectivity index (χ3n) is 3.34. The topological polar surface area (TPSA) is 49.5 Å². The van der Waals surface area contributed by atoms with Gasteiger partial charge in [-0.25, -0.2) is 0 Å². The first-order valence-electron chi connectivity index (χ1n) is 6.01. The van der Waals surface area contributed by atoms with Gasteiger partial charge in [-0.05, 0) is 37.6 Å². The Bertz CT molecular complexity index is 334. The van der Waals surface area contributed by atoms with Crippen LogP contribution < -0.4 is 5.73 Å². The van der Waals surface area contributed by atoms with Crippen molar-refractivity contribution in [3.8, 4) is 5.75 Å². The zero-order valence-electron chi connectivity index (χ0n) is 9.60. The van der Waals surface area contributed by atoms with Gasteiger partial charge in [-0.15, -0.1) is 0 Å². The van der Waals surface area contributed by atoms with Gasteiger partial charge in [0.1, 0.15) is 5.75 Å². The van der Waals surface area contributed by atoms with Crippen LogP contribution in [0.25, 0.3) is 0 Å². The van der Waals surface area contributed by atoms with Crippen molar-refractivity contribution in [3.63, 3.8) is 0 Å². The molecular weight excluding hydrogens is 200 g/mol. The van der Waals surface area contributed by atoms with Gasteiger partial charge in [-0.1, -0.05) is 18.2 Å². The molecule has 16 heavy (non-hydrogen) atoms. The zero-order chi connectivity index (χ0) is 11.4. The minimum absolute atomic E-state index is 0.249. The highest BCUT2D eigenvalue weighted by molar-refractivity contribution is 5.35. The average molecular weight is 220 g/mol. The van der Waals surface area contributed by atoms with E-state index in [0.717, 1.165) is 12.1 Å². The fraction of sp³-hybridized carbons (Fsp3) is 0.538. The molecular formula is C13H20N2O. The Morgan fingerprint density at radius 2 is 1.94 bits per heavy atom. The third kappa shape index (κ3) is 2.54. The lowest BCUT2D eigenvalue weighted by Gasteiger charge is -2.23. The van der Waals surface area contributed by atoms with Gasteiger partial charge in [-0.2, -0.15) is 0 Å². The standard InChI is InChI=1S/C13H20N2O/c14-9-11(10-15-7-3-4-8-15)12-5-1-2-6-13(12)16/h1-2,5-6,11,16H,3-4,7-10,14H2. The number of benzene rings is 1. The Balaban J connectivity index is 2.06. The molecule has 1 atom stereocenters. The monoisotopic (exact) mass is 220 g/mol. The van der Waals surface area contributed by atoms with E-state index in [2.05, 4.69) is 4.90 Å². The molecule has 1 aliphatic heterocycles. The average Bonchev–Trinajstić information content (AvgIpc) is 2.80. The number of phenols is 1. The summed E-state index contributed by atoms with van der Waals surface area (Å²) in [5.74, 6) is 0.622. The predicted molar refractivity (Wildman–Crippen MR) is 65.6 cm³/mol. The second-order valence-electron chi connectivity index (χ2n) is 4.50. The highest BCUT2D eigenvalue weighted by atomic mass is 16.3. The molecule has 0 spiro atoms. The molecule has 0 amide bonds. The molecule has 3 nitrogen and oxygen atoms in total. The minimum Gasteiger partial charge on any atom is -0.508 e.